The maximum atomic E-state index is 4.37. The number of aromatic nitrogens is 3. The van der Waals surface area contributed by atoms with Gasteiger partial charge in [-0.1, -0.05) is 0 Å². The number of rotatable bonds is 4. The molecule has 2 rings (SSSR count). The molecule has 0 aliphatic rings. The summed E-state index contributed by atoms with van der Waals surface area (Å²) in [6, 6.07) is 2.45. The number of nitrogens with zero attached hydrogens (tertiary/aromatic N) is 3. The third-order valence-electron chi connectivity index (χ3n) is 2.84. The Morgan fingerprint density at radius 3 is 2.71 bits per heavy atom. The topological polar surface area (TPSA) is 42.7 Å². The average molecular weight is 250 g/mol. The van der Waals surface area contributed by atoms with Crippen LogP contribution < -0.4 is 5.32 Å². The molecule has 92 valence electrons. The molecule has 0 fully saturated rings. The molecule has 1 unspecified atom stereocenters. The summed E-state index contributed by atoms with van der Waals surface area (Å²) in [4.78, 5) is 5.59. The van der Waals surface area contributed by atoms with E-state index in [1.54, 1.807) is 11.3 Å². The van der Waals surface area contributed by atoms with Gasteiger partial charge in [0.15, 0.2) is 0 Å². The SMILES string of the molecule is CNC(Cc1cc(C)nn1C)c1cnc(C)s1. The molecule has 0 aliphatic heterocycles. The van der Waals surface area contributed by atoms with E-state index in [1.807, 2.05) is 38.8 Å². The van der Waals surface area contributed by atoms with Crippen LogP contribution in [0.3, 0.4) is 0 Å². The average Bonchev–Trinajstić information content (AvgIpc) is 2.82. The van der Waals surface area contributed by atoms with Crippen LogP contribution in [-0.2, 0) is 13.5 Å². The lowest BCUT2D eigenvalue weighted by Gasteiger charge is -2.13. The maximum Gasteiger partial charge on any atom is 0.0897 e. The fourth-order valence-electron chi connectivity index (χ4n) is 1.95. The Hall–Kier alpha value is -1.20. The van der Waals surface area contributed by atoms with E-state index >= 15 is 0 Å². The second-order valence-electron chi connectivity index (χ2n) is 4.23. The molecule has 0 aliphatic carbocycles. The van der Waals surface area contributed by atoms with Crippen LogP contribution >= 0.6 is 11.3 Å². The van der Waals surface area contributed by atoms with Crippen molar-refractivity contribution >= 4 is 11.3 Å². The van der Waals surface area contributed by atoms with Crippen molar-refractivity contribution in [2.24, 2.45) is 7.05 Å². The highest BCUT2D eigenvalue weighted by Gasteiger charge is 2.15. The van der Waals surface area contributed by atoms with Crippen LogP contribution in [0.25, 0.3) is 0 Å². The standard InChI is InChI=1S/C12H18N4S/c1-8-5-10(16(4)15-8)6-11(13-3)12-7-14-9(2)17-12/h5,7,11,13H,6H2,1-4H3. The summed E-state index contributed by atoms with van der Waals surface area (Å²) in [6.45, 7) is 4.06. The second kappa shape index (κ2) is 4.98. The van der Waals surface area contributed by atoms with Crippen molar-refractivity contribution in [2.75, 3.05) is 7.05 Å². The van der Waals surface area contributed by atoms with Gasteiger partial charge in [-0.3, -0.25) is 4.68 Å². The number of hydrogen-bond acceptors (Lipinski definition) is 4. The zero-order valence-corrected chi connectivity index (χ0v) is 11.5. The number of nitrogens with one attached hydrogen (secondary N) is 1. The van der Waals surface area contributed by atoms with E-state index in [0.29, 0.717) is 6.04 Å². The lowest BCUT2D eigenvalue weighted by Crippen LogP contribution is -2.19. The van der Waals surface area contributed by atoms with Crippen molar-refractivity contribution in [2.45, 2.75) is 26.3 Å². The lowest BCUT2D eigenvalue weighted by molar-refractivity contribution is 0.568. The minimum atomic E-state index is 0.316. The molecule has 0 saturated carbocycles. The van der Waals surface area contributed by atoms with Crippen molar-refractivity contribution in [3.8, 4) is 0 Å². The Balaban J connectivity index is 2.18. The van der Waals surface area contributed by atoms with E-state index in [2.05, 4.69) is 21.5 Å². The summed E-state index contributed by atoms with van der Waals surface area (Å²) >= 11 is 1.75. The summed E-state index contributed by atoms with van der Waals surface area (Å²) in [5.74, 6) is 0. The van der Waals surface area contributed by atoms with Crippen LogP contribution in [0, 0.1) is 13.8 Å². The third-order valence-corrected chi connectivity index (χ3v) is 3.87. The lowest BCUT2D eigenvalue weighted by atomic mass is 10.1. The molecular weight excluding hydrogens is 232 g/mol. The summed E-state index contributed by atoms with van der Waals surface area (Å²) in [6.07, 6.45) is 2.90. The van der Waals surface area contributed by atoms with Crippen molar-refractivity contribution in [1.29, 1.82) is 0 Å². The molecule has 4 nitrogen and oxygen atoms in total. The first-order chi connectivity index (χ1) is 8.10. The van der Waals surface area contributed by atoms with E-state index in [1.165, 1.54) is 10.6 Å². The van der Waals surface area contributed by atoms with Gasteiger partial charge in [0, 0.05) is 36.3 Å². The first-order valence-electron chi connectivity index (χ1n) is 5.69. The largest absolute Gasteiger partial charge is 0.312 e. The molecule has 2 heterocycles. The van der Waals surface area contributed by atoms with Crippen LogP contribution in [-0.4, -0.2) is 21.8 Å². The molecule has 5 heteroatoms. The first-order valence-corrected chi connectivity index (χ1v) is 6.51. The molecular formula is C12H18N4S. The van der Waals surface area contributed by atoms with Gasteiger partial charge in [0.2, 0.25) is 0 Å². The highest BCUT2D eigenvalue weighted by molar-refractivity contribution is 7.11. The van der Waals surface area contributed by atoms with Crippen LogP contribution in [0.1, 0.15) is 27.3 Å². The van der Waals surface area contributed by atoms with E-state index in [-0.39, 0.29) is 0 Å². The predicted octanol–water partition coefficient (Wildman–Crippen LogP) is 2.00. The van der Waals surface area contributed by atoms with Gasteiger partial charge in [-0.25, -0.2) is 4.98 Å². The highest BCUT2D eigenvalue weighted by Crippen LogP contribution is 2.23. The first kappa shape index (κ1) is 12.3. The molecule has 0 aromatic carbocycles. The Kier molecular flexibility index (Phi) is 3.59. The molecule has 2 aromatic heterocycles. The quantitative estimate of drug-likeness (QED) is 0.902. The normalized spacial score (nSPS) is 12.9. The van der Waals surface area contributed by atoms with Crippen LogP contribution in [0.5, 0.6) is 0 Å². The van der Waals surface area contributed by atoms with Crippen molar-refractivity contribution in [3.63, 3.8) is 0 Å². The summed E-state index contributed by atoms with van der Waals surface area (Å²) in [5, 5.41) is 8.83. The minimum absolute atomic E-state index is 0.316. The van der Waals surface area contributed by atoms with Gasteiger partial charge in [0.05, 0.1) is 10.7 Å². The minimum Gasteiger partial charge on any atom is -0.312 e. The molecule has 1 atom stereocenters. The Labute approximate surface area is 106 Å². The maximum absolute atomic E-state index is 4.37. The number of thiazole rings is 1. The highest BCUT2D eigenvalue weighted by atomic mass is 32.1. The van der Waals surface area contributed by atoms with E-state index in [4.69, 9.17) is 0 Å². The molecule has 2 aromatic rings. The third kappa shape index (κ3) is 2.73. The van der Waals surface area contributed by atoms with Crippen LogP contribution in [0.4, 0.5) is 0 Å². The predicted molar refractivity (Wildman–Crippen MR) is 70.3 cm³/mol. The number of hydrogen-bond donors (Lipinski definition) is 1. The smallest absolute Gasteiger partial charge is 0.0897 e. The summed E-state index contributed by atoms with van der Waals surface area (Å²) in [5.41, 5.74) is 2.31. The molecule has 0 spiro atoms. The van der Waals surface area contributed by atoms with Gasteiger partial charge in [-0.05, 0) is 27.0 Å². The van der Waals surface area contributed by atoms with Crippen molar-refractivity contribution < 1.29 is 0 Å². The zero-order valence-electron chi connectivity index (χ0n) is 10.7. The Morgan fingerprint density at radius 2 is 2.24 bits per heavy atom. The van der Waals surface area contributed by atoms with Gasteiger partial charge in [-0.15, -0.1) is 11.3 Å². The van der Waals surface area contributed by atoms with Gasteiger partial charge in [0.1, 0.15) is 0 Å². The van der Waals surface area contributed by atoms with Gasteiger partial charge in [0.25, 0.3) is 0 Å². The molecule has 17 heavy (non-hydrogen) atoms. The van der Waals surface area contributed by atoms with Crippen molar-refractivity contribution in [3.05, 3.63) is 33.5 Å². The summed E-state index contributed by atoms with van der Waals surface area (Å²) < 4.78 is 1.95. The molecule has 0 saturated heterocycles. The monoisotopic (exact) mass is 250 g/mol. The molecule has 0 radical (unpaired) electrons. The molecule has 0 amide bonds. The number of likely N-dealkylation sites (N-methyl/N-ethyl adjacent to an activating group) is 1. The fourth-order valence-corrected chi connectivity index (χ4v) is 2.84. The Bertz CT molecular complexity index is 500. The summed E-state index contributed by atoms with van der Waals surface area (Å²) in [7, 11) is 3.98. The van der Waals surface area contributed by atoms with E-state index in [9.17, 15) is 0 Å². The van der Waals surface area contributed by atoms with Crippen LogP contribution in [0.2, 0.25) is 0 Å². The number of aryl methyl sites for hydroxylation is 3. The second-order valence-corrected chi connectivity index (χ2v) is 5.49. The van der Waals surface area contributed by atoms with Gasteiger partial charge in [-0.2, -0.15) is 5.10 Å². The van der Waals surface area contributed by atoms with Crippen LogP contribution in [0.15, 0.2) is 12.3 Å². The molecule has 1 N–H and O–H groups in total. The van der Waals surface area contributed by atoms with Gasteiger partial charge < -0.3 is 5.32 Å². The van der Waals surface area contributed by atoms with Crippen molar-refractivity contribution in [1.82, 2.24) is 20.1 Å². The van der Waals surface area contributed by atoms with E-state index in [0.717, 1.165) is 17.1 Å². The zero-order chi connectivity index (χ0) is 12.4. The Morgan fingerprint density at radius 1 is 1.47 bits per heavy atom. The van der Waals surface area contributed by atoms with E-state index < -0.39 is 0 Å². The fraction of sp³-hybridized carbons (Fsp3) is 0.500. The molecule has 0 bridgehead atoms. The van der Waals surface area contributed by atoms with Gasteiger partial charge >= 0.3 is 0 Å².